The molecule has 2 aromatic heterocycles. The summed E-state index contributed by atoms with van der Waals surface area (Å²) in [6.07, 6.45) is 11.8. The van der Waals surface area contributed by atoms with Gasteiger partial charge in [-0.25, -0.2) is 4.98 Å². The molecule has 0 radical (unpaired) electrons. The number of pyridine rings is 1. The van der Waals surface area contributed by atoms with Crippen LogP contribution in [0.25, 0.3) is 0 Å². The number of aromatic nitrogens is 1. The Morgan fingerprint density at radius 1 is 1.00 bits per heavy atom. The van der Waals surface area contributed by atoms with Crippen LogP contribution in [0.2, 0.25) is 0 Å². The number of carbonyl (C=O) groups is 1. The van der Waals surface area contributed by atoms with Crippen LogP contribution < -0.4 is 4.90 Å². The second-order valence-electron chi connectivity index (χ2n) is 8.94. The van der Waals surface area contributed by atoms with Crippen molar-refractivity contribution in [3.63, 3.8) is 0 Å². The first-order valence-electron chi connectivity index (χ1n) is 11.3. The normalized spacial score (nSPS) is 25.7. The molecule has 2 atom stereocenters. The van der Waals surface area contributed by atoms with Gasteiger partial charge in [0, 0.05) is 42.1 Å². The van der Waals surface area contributed by atoms with E-state index in [1.807, 2.05) is 12.3 Å². The third-order valence-corrected chi connectivity index (χ3v) is 8.34. The molecule has 0 N–H and O–H groups in total. The van der Waals surface area contributed by atoms with Crippen molar-refractivity contribution >= 4 is 23.1 Å². The second-order valence-corrected chi connectivity index (χ2v) is 9.88. The summed E-state index contributed by atoms with van der Waals surface area (Å²) in [5, 5.41) is 2.12. The molecule has 5 rings (SSSR count). The predicted octanol–water partition coefficient (Wildman–Crippen LogP) is 5.32. The smallest absolute Gasteiger partial charge is 0.254 e. The summed E-state index contributed by atoms with van der Waals surface area (Å²) in [5.74, 6) is 2.69. The molecule has 0 spiro atoms. The molecule has 4 nitrogen and oxygen atoms in total. The van der Waals surface area contributed by atoms with E-state index in [9.17, 15) is 4.79 Å². The van der Waals surface area contributed by atoms with Crippen LogP contribution in [0, 0.1) is 5.92 Å². The van der Waals surface area contributed by atoms with Crippen molar-refractivity contribution in [1.29, 1.82) is 0 Å². The first kappa shape index (κ1) is 19.1. The van der Waals surface area contributed by atoms with Crippen molar-refractivity contribution < 1.29 is 4.79 Å². The molecule has 2 saturated heterocycles. The molecule has 5 heteroatoms. The lowest BCUT2D eigenvalue weighted by Gasteiger charge is -2.44. The van der Waals surface area contributed by atoms with Crippen molar-refractivity contribution in [2.75, 3.05) is 24.5 Å². The van der Waals surface area contributed by atoms with E-state index in [0.717, 1.165) is 49.8 Å². The molecule has 0 aromatic carbocycles. The van der Waals surface area contributed by atoms with Crippen molar-refractivity contribution in [2.45, 2.75) is 63.3 Å². The molecule has 1 amide bonds. The van der Waals surface area contributed by atoms with E-state index in [1.54, 1.807) is 11.3 Å². The van der Waals surface area contributed by atoms with Gasteiger partial charge in [-0.05, 0) is 68.6 Å². The maximum Gasteiger partial charge on any atom is 0.254 e. The van der Waals surface area contributed by atoms with E-state index in [1.165, 1.54) is 43.4 Å². The van der Waals surface area contributed by atoms with Crippen molar-refractivity contribution in [2.24, 2.45) is 5.92 Å². The highest BCUT2D eigenvalue weighted by molar-refractivity contribution is 7.10. The summed E-state index contributed by atoms with van der Waals surface area (Å²) in [6.45, 7) is 3.03. The minimum atomic E-state index is 0.287. The molecule has 2 aliphatic heterocycles. The Hall–Kier alpha value is -1.88. The third kappa shape index (κ3) is 3.94. The molecule has 1 saturated carbocycles. The van der Waals surface area contributed by atoms with Crippen molar-refractivity contribution in [3.05, 3.63) is 46.3 Å². The summed E-state index contributed by atoms with van der Waals surface area (Å²) in [5.41, 5.74) is 0.934. The number of carbonyl (C=O) groups excluding carboxylic acids is 1. The summed E-state index contributed by atoms with van der Waals surface area (Å²) in [7, 11) is 0. The van der Waals surface area contributed by atoms with Gasteiger partial charge in [0.05, 0.1) is 5.56 Å². The zero-order chi connectivity index (χ0) is 19.6. The summed E-state index contributed by atoms with van der Waals surface area (Å²) in [4.78, 5) is 23.8. The van der Waals surface area contributed by atoms with Gasteiger partial charge in [-0.1, -0.05) is 18.9 Å². The Morgan fingerprint density at radius 3 is 2.66 bits per heavy atom. The van der Waals surface area contributed by atoms with Crippen molar-refractivity contribution in [3.8, 4) is 0 Å². The van der Waals surface area contributed by atoms with Gasteiger partial charge in [0.15, 0.2) is 0 Å². The van der Waals surface area contributed by atoms with Gasteiger partial charge in [-0.2, -0.15) is 0 Å². The molecular formula is C24H31N3OS. The molecule has 2 unspecified atom stereocenters. The summed E-state index contributed by atoms with van der Waals surface area (Å²) in [6, 6.07) is 8.83. The Labute approximate surface area is 177 Å². The first-order valence-corrected chi connectivity index (χ1v) is 12.2. The Morgan fingerprint density at radius 2 is 1.83 bits per heavy atom. The van der Waals surface area contributed by atoms with Gasteiger partial charge < -0.3 is 9.80 Å². The summed E-state index contributed by atoms with van der Waals surface area (Å²) < 4.78 is 0. The number of rotatable bonds is 3. The highest BCUT2D eigenvalue weighted by Crippen LogP contribution is 2.38. The van der Waals surface area contributed by atoms with Crippen LogP contribution in [0.4, 0.5) is 5.82 Å². The van der Waals surface area contributed by atoms with Crippen LogP contribution in [0.15, 0.2) is 35.8 Å². The standard InChI is InChI=1S/C24H31N3OS/c28-24(27-13-5-7-18-6-1-2-8-21(18)27)20-16-22(29-17-20)19-10-14-26(15-11-19)23-9-3-4-12-25-23/h3-4,9,12,16-19,21H,1-2,5-8,10-11,13-15H2. The fraction of sp³-hybridized carbons (Fsp3) is 0.583. The van der Waals surface area contributed by atoms with Gasteiger partial charge >= 0.3 is 0 Å². The molecule has 1 aliphatic carbocycles. The van der Waals surface area contributed by atoms with Crippen LogP contribution in [0.5, 0.6) is 0 Å². The Bertz CT molecular complexity index is 826. The van der Waals surface area contributed by atoms with Crippen LogP contribution in [0.3, 0.4) is 0 Å². The molecule has 29 heavy (non-hydrogen) atoms. The number of nitrogens with zero attached hydrogens (tertiary/aromatic N) is 3. The second kappa shape index (κ2) is 8.47. The lowest BCUT2D eigenvalue weighted by molar-refractivity contribution is 0.0391. The van der Waals surface area contributed by atoms with E-state index in [2.05, 4.69) is 38.4 Å². The number of thiophene rings is 1. The van der Waals surface area contributed by atoms with Gasteiger partial charge in [0.2, 0.25) is 0 Å². The van der Waals surface area contributed by atoms with E-state index in [0.29, 0.717) is 12.0 Å². The third-order valence-electron chi connectivity index (χ3n) is 7.24. The quantitative estimate of drug-likeness (QED) is 0.688. The van der Waals surface area contributed by atoms with E-state index >= 15 is 0 Å². The average molecular weight is 410 g/mol. The maximum atomic E-state index is 13.3. The van der Waals surface area contributed by atoms with E-state index in [4.69, 9.17) is 0 Å². The minimum Gasteiger partial charge on any atom is -0.357 e. The molecule has 3 fully saturated rings. The zero-order valence-corrected chi connectivity index (χ0v) is 17.9. The van der Waals surface area contributed by atoms with Crippen LogP contribution in [-0.2, 0) is 0 Å². The Balaban J connectivity index is 1.23. The zero-order valence-electron chi connectivity index (χ0n) is 17.1. The first-order chi connectivity index (χ1) is 14.3. The SMILES string of the molecule is O=C(c1csc(C2CCN(c3ccccn3)CC2)c1)N1CCCC2CCCCC21. The van der Waals surface area contributed by atoms with E-state index < -0.39 is 0 Å². The topological polar surface area (TPSA) is 36.4 Å². The lowest BCUT2D eigenvalue weighted by Crippen LogP contribution is -2.49. The van der Waals surface area contributed by atoms with Crippen LogP contribution in [0.1, 0.15) is 72.5 Å². The number of fused-ring (bicyclic) bond motifs is 1. The number of amides is 1. The van der Waals surface area contributed by atoms with Crippen LogP contribution >= 0.6 is 11.3 Å². The molecular weight excluding hydrogens is 378 g/mol. The number of hydrogen-bond acceptors (Lipinski definition) is 4. The molecule has 154 valence electrons. The van der Waals surface area contributed by atoms with Crippen molar-refractivity contribution in [1.82, 2.24) is 9.88 Å². The number of anilines is 1. The number of piperidine rings is 2. The Kier molecular flexibility index (Phi) is 5.58. The highest BCUT2D eigenvalue weighted by Gasteiger charge is 2.36. The maximum absolute atomic E-state index is 13.3. The van der Waals surface area contributed by atoms with Gasteiger partial charge in [-0.3, -0.25) is 4.79 Å². The minimum absolute atomic E-state index is 0.287. The highest BCUT2D eigenvalue weighted by atomic mass is 32.1. The predicted molar refractivity (Wildman–Crippen MR) is 119 cm³/mol. The average Bonchev–Trinajstić information content (AvgIpc) is 3.29. The molecule has 0 bridgehead atoms. The fourth-order valence-corrected chi connectivity index (χ4v) is 6.71. The molecule has 4 heterocycles. The van der Waals surface area contributed by atoms with E-state index in [-0.39, 0.29) is 5.91 Å². The molecule has 2 aromatic rings. The molecule has 3 aliphatic rings. The van der Waals surface area contributed by atoms with Gasteiger partial charge in [-0.15, -0.1) is 11.3 Å². The van der Waals surface area contributed by atoms with Gasteiger partial charge in [0.1, 0.15) is 5.82 Å². The summed E-state index contributed by atoms with van der Waals surface area (Å²) >= 11 is 1.79. The largest absolute Gasteiger partial charge is 0.357 e. The fourth-order valence-electron chi connectivity index (χ4n) is 5.66. The number of hydrogen-bond donors (Lipinski definition) is 0. The van der Waals surface area contributed by atoms with Crippen LogP contribution in [-0.4, -0.2) is 41.5 Å². The van der Waals surface area contributed by atoms with Gasteiger partial charge in [0.25, 0.3) is 5.91 Å². The number of likely N-dealkylation sites (tertiary alicyclic amines) is 1. The lowest BCUT2D eigenvalue weighted by atomic mass is 9.78. The monoisotopic (exact) mass is 409 g/mol.